The second kappa shape index (κ2) is 2.91. The molecule has 0 unspecified atom stereocenters. The second-order valence-electron chi connectivity index (χ2n) is 1.60. The highest BCUT2D eigenvalue weighted by molar-refractivity contribution is 5.76. The maximum atomic E-state index is 10.5. The van der Waals surface area contributed by atoms with Crippen LogP contribution in [-0.2, 0) is 9.63 Å². The van der Waals surface area contributed by atoms with Crippen molar-refractivity contribution in [3.05, 3.63) is 24.5 Å². The molecule has 0 saturated carbocycles. The van der Waals surface area contributed by atoms with Crippen LogP contribution in [0.1, 0.15) is 6.42 Å². The van der Waals surface area contributed by atoms with E-state index < -0.39 is 0 Å². The number of amides is 1. The summed E-state index contributed by atoms with van der Waals surface area (Å²) in [7, 11) is 0. The van der Waals surface area contributed by atoms with Gasteiger partial charge in [0, 0.05) is 6.42 Å². The number of carbonyl (C=O) groups is 1. The van der Waals surface area contributed by atoms with Crippen LogP contribution < -0.4 is 5.48 Å². The Kier molecular flexibility index (Phi) is 1.90. The van der Waals surface area contributed by atoms with Crippen LogP contribution in [0, 0.1) is 0 Å². The van der Waals surface area contributed by atoms with Crippen LogP contribution >= 0.6 is 0 Å². The van der Waals surface area contributed by atoms with Gasteiger partial charge in [0.15, 0.2) is 0 Å². The largest absolute Gasteiger partial charge is 0.387 e. The minimum absolute atomic E-state index is 0.129. The molecule has 0 saturated heterocycles. The van der Waals surface area contributed by atoms with Gasteiger partial charge in [0.05, 0.1) is 0 Å². The van der Waals surface area contributed by atoms with Gasteiger partial charge < -0.3 is 4.84 Å². The summed E-state index contributed by atoms with van der Waals surface area (Å²) < 4.78 is 0. The molecule has 1 aliphatic rings. The fourth-order valence-electron chi connectivity index (χ4n) is 0.480. The van der Waals surface area contributed by atoms with Crippen molar-refractivity contribution >= 4 is 5.91 Å². The third-order valence-electron chi connectivity index (χ3n) is 0.870. The van der Waals surface area contributed by atoms with E-state index in [-0.39, 0.29) is 5.91 Å². The lowest BCUT2D eigenvalue weighted by Crippen LogP contribution is -2.20. The Morgan fingerprint density at radius 3 is 3.33 bits per heavy atom. The average molecular weight is 125 g/mol. The van der Waals surface area contributed by atoms with E-state index in [0.717, 1.165) is 0 Å². The van der Waals surface area contributed by atoms with Gasteiger partial charge in [0.2, 0.25) is 0 Å². The number of hydroxylamine groups is 1. The maximum Gasteiger partial charge on any atom is 0.256 e. The summed E-state index contributed by atoms with van der Waals surface area (Å²) in [4.78, 5) is 15.1. The molecule has 0 bridgehead atoms. The van der Waals surface area contributed by atoms with E-state index in [0.29, 0.717) is 6.42 Å². The first-order valence-electron chi connectivity index (χ1n) is 2.66. The maximum absolute atomic E-state index is 10.5. The Balaban J connectivity index is 2.50. The van der Waals surface area contributed by atoms with Gasteiger partial charge in [-0.3, -0.25) is 4.79 Å². The quantitative estimate of drug-likeness (QED) is 0.512. The van der Waals surface area contributed by atoms with E-state index in [4.69, 9.17) is 0 Å². The number of nitrogens with one attached hydrogen (secondary N) is 1. The molecule has 48 valence electrons. The van der Waals surface area contributed by atoms with Crippen LogP contribution in [0.4, 0.5) is 0 Å². The van der Waals surface area contributed by atoms with E-state index in [1.54, 1.807) is 18.2 Å². The summed E-state index contributed by atoms with van der Waals surface area (Å²) in [6.45, 7) is 0. The molecular formula is C6H7NO2. The third-order valence-corrected chi connectivity index (χ3v) is 0.870. The van der Waals surface area contributed by atoms with Crippen molar-refractivity contribution in [2.24, 2.45) is 0 Å². The van der Waals surface area contributed by atoms with Gasteiger partial charge in [-0.05, 0) is 6.08 Å². The highest BCUT2D eigenvalue weighted by Gasteiger charge is 1.95. The van der Waals surface area contributed by atoms with Crippen LogP contribution in [0.25, 0.3) is 0 Å². The molecule has 0 aromatic heterocycles. The Morgan fingerprint density at radius 2 is 2.44 bits per heavy atom. The van der Waals surface area contributed by atoms with Gasteiger partial charge in [-0.25, -0.2) is 0 Å². The fraction of sp³-hybridized carbons (Fsp3) is 0.167. The first-order valence-corrected chi connectivity index (χ1v) is 2.66. The van der Waals surface area contributed by atoms with Crippen LogP contribution in [-0.4, -0.2) is 5.91 Å². The molecular weight excluding hydrogens is 118 g/mol. The lowest BCUT2D eigenvalue weighted by Gasteiger charge is -2.00. The van der Waals surface area contributed by atoms with E-state index in [1.807, 2.05) is 0 Å². The molecule has 1 aliphatic heterocycles. The summed E-state index contributed by atoms with van der Waals surface area (Å²) >= 11 is 0. The number of hydrogen-bond acceptors (Lipinski definition) is 2. The van der Waals surface area contributed by atoms with E-state index in [9.17, 15) is 4.79 Å². The smallest absolute Gasteiger partial charge is 0.256 e. The molecule has 9 heavy (non-hydrogen) atoms. The Labute approximate surface area is 53.0 Å². The zero-order chi connectivity index (χ0) is 6.53. The molecule has 0 spiro atoms. The van der Waals surface area contributed by atoms with Crippen molar-refractivity contribution in [2.75, 3.05) is 0 Å². The molecule has 3 nitrogen and oxygen atoms in total. The molecule has 1 heterocycles. The van der Waals surface area contributed by atoms with Gasteiger partial charge in [0.25, 0.3) is 5.91 Å². The molecule has 1 N–H and O–H groups in total. The van der Waals surface area contributed by atoms with Gasteiger partial charge in [-0.2, -0.15) is 5.48 Å². The van der Waals surface area contributed by atoms with Crippen LogP contribution in [0.3, 0.4) is 0 Å². The normalized spacial score (nSPS) is 17.6. The highest BCUT2D eigenvalue weighted by Crippen LogP contribution is 1.88. The SMILES string of the molecule is O=C1CC=CC=CON1. The minimum atomic E-state index is -0.129. The fourth-order valence-corrected chi connectivity index (χ4v) is 0.480. The molecule has 3 heteroatoms. The Hall–Kier alpha value is -1.25. The number of rotatable bonds is 0. The second-order valence-corrected chi connectivity index (χ2v) is 1.60. The van der Waals surface area contributed by atoms with E-state index in [1.165, 1.54) is 6.26 Å². The lowest BCUT2D eigenvalue weighted by atomic mass is 10.3. The first kappa shape index (κ1) is 5.88. The summed E-state index contributed by atoms with van der Waals surface area (Å²) in [5.74, 6) is -0.129. The van der Waals surface area contributed by atoms with Crippen molar-refractivity contribution in [1.29, 1.82) is 0 Å². The predicted octanol–water partition coefficient (Wildman–Crippen LogP) is 0.508. The zero-order valence-corrected chi connectivity index (χ0v) is 4.83. The summed E-state index contributed by atoms with van der Waals surface area (Å²) in [5.41, 5.74) is 2.21. The molecule has 0 aromatic carbocycles. The Bertz CT molecular complexity index is 160. The molecule has 0 fully saturated rings. The monoisotopic (exact) mass is 125 g/mol. The van der Waals surface area contributed by atoms with E-state index in [2.05, 4.69) is 10.3 Å². The van der Waals surface area contributed by atoms with Crippen molar-refractivity contribution in [3.8, 4) is 0 Å². The van der Waals surface area contributed by atoms with Crippen LogP contribution in [0.5, 0.6) is 0 Å². The topological polar surface area (TPSA) is 38.3 Å². The Morgan fingerprint density at radius 1 is 1.56 bits per heavy atom. The minimum Gasteiger partial charge on any atom is -0.387 e. The highest BCUT2D eigenvalue weighted by atomic mass is 16.6. The van der Waals surface area contributed by atoms with Gasteiger partial charge in [-0.15, -0.1) is 0 Å². The van der Waals surface area contributed by atoms with Crippen LogP contribution in [0.2, 0.25) is 0 Å². The third kappa shape index (κ3) is 1.99. The average Bonchev–Trinajstić information content (AvgIpc) is 1.79. The molecule has 1 amide bonds. The van der Waals surface area contributed by atoms with E-state index >= 15 is 0 Å². The summed E-state index contributed by atoms with van der Waals surface area (Å²) in [6.07, 6.45) is 7.02. The van der Waals surface area contributed by atoms with Gasteiger partial charge >= 0.3 is 0 Å². The van der Waals surface area contributed by atoms with Gasteiger partial charge in [-0.1, -0.05) is 12.2 Å². The van der Waals surface area contributed by atoms with Crippen molar-refractivity contribution in [2.45, 2.75) is 6.42 Å². The first-order chi connectivity index (χ1) is 4.39. The van der Waals surface area contributed by atoms with Gasteiger partial charge in [0.1, 0.15) is 6.26 Å². The molecule has 0 atom stereocenters. The van der Waals surface area contributed by atoms with Crippen molar-refractivity contribution in [3.63, 3.8) is 0 Å². The predicted molar refractivity (Wildman–Crippen MR) is 32.1 cm³/mol. The zero-order valence-electron chi connectivity index (χ0n) is 4.83. The number of carbonyl (C=O) groups excluding carboxylic acids is 1. The number of allylic oxidation sites excluding steroid dienone is 2. The van der Waals surface area contributed by atoms with Crippen LogP contribution in [0.15, 0.2) is 24.5 Å². The molecule has 0 aromatic rings. The van der Waals surface area contributed by atoms with Crippen molar-refractivity contribution < 1.29 is 9.63 Å². The van der Waals surface area contributed by atoms with Crippen molar-refractivity contribution in [1.82, 2.24) is 5.48 Å². The molecule has 0 radical (unpaired) electrons. The lowest BCUT2D eigenvalue weighted by molar-refractivity contribution is -0.128. The standard InChI is InChI=1S/C6H7NO2/c8-6-4-2-1-3-5-9-7-6/h1-3,5H,4H2,(H,7,8). The summed E-state index contributed by atoms with van der Waals surface area (Å²) in [6, 6.07) is 0. The number of hydrogen-bond donors (Lipinski definition) is 1. The molecule has 0 aliphatic carbocycles. The molecule has 1 rings (SSSR count). The summed E-state index contributed by atoms with van der Waals surface area (Å²) in [5, 5.41) is 0.